The Balaban J connectivity index is 2.49. The molecule has 0 heterocycles. The van der Waals surface area contributed by atoms with Crippen LogP contribution in [0.4, 0.5) is 0 Å². The molecule has 18 heavy (non-hydrogen) atoms. The Kier molecular flexibility index (Phi) is 6.94. The Morgan fingerprint density at radius 3 is 2.67 bits per heavy atom. The molecule has 1 aromatic rings. The summed E-state index contributed by atoms with van der Waals surface area (Å²) in [4.78, 5) is 2.31. The van der Waals surface area contributed by atoms with E-state index in [2.05, 4.69) is 55.4 Å². The van der Waals surface area contributed by atoms with Gasteiger partial charge < -0.3 is 15.3 Å². The molecule has 0 spiro atoms. The third-order valence-corrected chi connectivity index (χ3v) is 3.20. The molecule has 1 aromatic carbocycles. The summed E-state index contributed by atoms with van der Waals surface area (Å²) in [6, 6.07) is 8.87. The van der Waals surface area contributed by atoms with Crippen molar-refractivity contribution >= 4 is 0 Å². The van der Waals surface area contributed by atoms with Crippen molar-refractivity contribution in [3.05, 3.63) is 35.4 Å². The Morgan fingerprint density at radius 2 is 2.06 bits per heavy atom. The van der Waals surface area contributed by atoms with Gasteiger partial charge in [0.2, 0.25) is 0 Å². The Labute approximate surface area is 111 Å². The minimum Gasteiger partial charge on any atom is -0.396 e. The largest absolute Gasteiger partial charge is 0.396 e. The van der Waals surface area contributed by atoms with Crippen LogP contribution in [0, 0.1) is 6.92 Å². The smallest absolute Gasteiger partial charge is 0.0446 e. The number of nitrogens with zero attached hydrogens (tertiary/aromatic N) is 1. The summed E-state index contributed by atoms with van der Waals surface area (Å²) in [5.74, 6) is 0. The highest BCUT2D eigenvalue weighted by molar-refractivity contribution is 5.25. The molecule has 0 aliphatic rings. The second-order valence-electron chi connectivity index (χ2n) is 4.89. The molecular formula is C15H26N2O. The minimum absolute atomic E-state index is 0.246. The number of likely N-dealkylation sites (N-methyl/N-ethyl adjacent to an activating group) is 2. The van der Waals surface area contributed by atoms with E-state index in [9.17, 15) is 0 Å². The van der Waals surface area contributed by atoms with Gasteiger partial charge in [0.15, 0.2) is 0 Å². The van der Waals surface area contributed by atoms with Crippen LogP contribution in [0.25, 0.3) is 0 Å². The van der Waals surface area contributed by atoms with Crippen LogP contribution < -0.4 is 5.32 Å². The van der Waals surface area contributed by atoms with E-state index in [0.29, 0.717) is 6.04 Å². The summed E-state index contributed by atoms with van der Waals surface area (Å²) in [6.45, 7) is 7.37. The van der Waals surface area contributed by atoms with Gasteiger partial charge in [-0.3, -0.25) is 0 Å². The molecule has 1 atom stereocenters. The molecule has 2 N–H and O–H groups in total. The van der Waals surface area contributed by atoms with E-state index in [1.807, 2.05) is 0 Å². The first-order valence-corrected chi connectivity index (χ1v) is 6.74. The molecule has 0 saturated carbocycles. The van der Waals surface area contributed by atoms with Crippen molar-refractivity contribution in [2.24, 2.45) is 0 Å². The summed E-state index contributed by atoms with van der Waals surface area (Å²) in [6.07, 6.45) is 0.811. The van der Waals surface area contributed by atoms with Crippen LogP contribution in [0.1, 0.15) is 24.5 Å². The highest BCUT2D eigenvalue weighted by Gasteiger charge is 2.10. The first-order valence-electron chi connectivity index (χ1n) is 6.74. The van der Waals surface area contributed by atoms with Crippen LogP contribution in [0.5, 0.6) is 0 Å². The number of rotatable bonds is 8. The Hall–Kier alpha value is -0.900. The molecular weight excluding hydrogens is 224 g/mol. The van der Waals surface area contributed by atoms with Gasteiger partial charge in [-0.25, -0.2) is 0 Å². The first kappa shape index (κ1) is 15.2. The van der Waals surface area contributed by atoms with Gasteiger partial charge in [-0.05, 0) is 38.1 Å². The van der Waals surface area contributed by atoms with Crippen LogP contribution in [0.2, 0.25) is 0 Å². The van der Waals surface area contributed by atoms with Crippen molar-refractivity contribution in [3.63, 3.8) is 0 Å². The molecule has 0 aliphatic carbocycles. The second-order valence-corrected chi connectivity index (χ2v) is 4.89. The minimum atomic E-state index is 0.246. The third kappa shape index (κ3) is 5.17. The lowest BCUT2D eigenvalue weighted by atomic mass is 10.1. The number of hydrogen-bond donors (Lipinski definition) is 2. The molecule has 0 aromatic heterocycles. The Morgan fingerprint density at radius 1 is 1.33 bits per heavy atom. The molecule has 0 amide bonds. The van der Waals surface area contributed by atoms with E-state index in [4.69, 9.17) is 5.11 Å². The normalized spacial score (nSPS) is 12.9. The molecule has 0 bridgehead atoms. The zero-order valence-electron chi connectivity index (χ0n) is 11.8. The van der Waals surface area contributed by atoms with E-state index in [-0.39, 0.29) is 6.61 Å². The Bertz CT molecular complexity index is 335. The number of benzene rings is 1. The maximum Gasteiger partial charge on any atom is 0.0446 e. The van der Waals surface area contributed by atoms with Gasteiger partial charge in [-0.1, -0.05) is 31.2 Å². The van der Waals surface area contributed by atoms with Crippen LogP contribution in [0.3, 0.4) is 0 Å². The number of aryl methyl sites for hydroxylation is 1. The van der Waals surface area contributed by atoms with E-state index < -0.39 is 0 Å². The van der Waals surface area contributed by atoms with Crippen LogP contribution >= 0.6 is 0 Å². The number of hydrogen-bond acceptors (Lipinski definition) is 3. The van der Waals surface area contributed by atoms with Crippen LogP contribution in [-0.4, -0.2) is 42.8 Å². The van der Waals surface area contributed by atoms with Crippen molar-refractivity contribution in [2.75, 3.05) is 26.7 Å². The maximum absolute atomic E-state index is 9.05. The molecule has 3 heteroatoms. The highest BCUT2D eigenvalue weighted by atomic mass is 16.3. The van der Waals surface area contributed by atoms with Crippen molar-refractivity contribution in [1.82, 2.24) is 10.2 Å². The zero-order chi connectivity index (χ0) is 13.4. The lowest BCUT2D eigenvalue weighted by molar-refractivity contribution is 0.227. The quantitative estimate of drug-likeness (QED) is 0.738. The highest BCUT2D eigenvalue weighted by Crippen LogP contribution is 2.10. The van der Waals surface area contributed by atoms with Gasteiger partial charge in [0.1, 0.15) is 0 Å². The van der Waals surface area contributed by atoms with Gasteiger partial charge >= 0.3 is 0 Å². The zero-order valence-corrected chi connectivity index (χ0v) is 11.8. The van der Waals surface area contributed by atoms with E-state index >= 15 is 0 Å². The molecule has 3 nitrogen and oxygen atoms in total. The molecule has 1 rings (SSSR count). The summed E-state index contributed by atoms with van der Waals surface area (Å²) in [5.41, 5.74) is 2.71. The maximum atomic E-state index is 9.05. The summed E-state index contributed by atoms with van der Waals surface area (Å²) in [7, 11) is 2.13. The van der Waals surface area contributed by atoms with Gasteiger partial charge in [0.25, 0.3) is 0 Å². The van der Waals surface area contributed by atoms with Crippen molar-refractivity contribution < 1.29 is 5.11 Å². The van der Waals surface area contributed by atoms with Crippen molar-refractivity contribution in [1.29, 1.82) is 0 Å². The van der Waals surface area contributed by atoms with Crippen LogP contribution in [-0.2, 0) is 6.54 Å². The number of aliphatic hydroxyl groups excluding tert-OH is 1. The average Bonchev–Trinajstić information content (AvgIpc) is 2.33. The predicted octanol–water partition coefficient (Wildman–Crippen LogP) is 1.79. The standard InChI is InChI=1S/C15H26N2O/c1-4-16-15(9-10-18)12-17(3)11-14-8-6-5-7-13(14)2/h5-8,15-16,18H,4,9-12H2,1-3H3. The number of aliphatic hydroxyl groups is 1. The van der Waals surface area contributed by atoms with E-state index in [1.165, 1.54) is 11.1 Å². The average molecular weight is 250 g/mol. The lowest BCUT2D eigenvalue weighted by Crippen LogP contribution is -2.39. The molecule has 0 radical (unpaired) electrons. The van der Waals surface area contributed by atoms with E-state index in [1.54, 1.807) is 0 Å². The molecule has 0 saturated heterocycles. The van der Waals surface area contributed by atoms with Gasteiger partial charge in [0.05, 0.1) is 0 Å². The summed E-state index contributed by atoms with van der Waals surface area (Å²) < 4.78 is 0. The van der Waals surface area contributed by atoms with Gasteiger partial charge in [-0.2, -0.15) is 0 Å². The lowest BCUT2D eigenvalue weighted by Gasteiger charge is -2.24. The van der Waals surface area contributed by atoms with Gasteiger partial charge in [-0.15, -0.1) is 0 Å². The van der Waals surface area contributed by atoms with E-state index in [0.717, 1.165) is 26.1 Å². The molecule has 0 aliphatic heterocycles. The fourth-order valence-corrected chi connectivity index (χ4v) is 2.22. The molecule has 102 valence electrons. The fourth-order valence-electron chi connectivity index (χ4n) is 2.22. The summed E-state index contributed by atoms with van der Waals surface area (Å²) in [5, 5.41) is 12.5. The topological polar surface area (TPSA) is 35.5 Å². The molecule has 0 fully saturated rings. The second kappa shape index (κ2) is 8.25. The predicted molar refractivity (Wildman–Crippen MR) is 76.7 cm³/mol. The monoisotopic (exact) mass is 250 g/mol. The first-order chi connectivity index (χ1) is 8.67. The van der Waals surface area contributed by atoms with Crippen LogP contribution in [0.15, 0.2) is 24.3 Å². The van der Waals surface area contributed by atoms with Crippen molar-refractivity contribution in [3.8, 4) is 0 Å². The third-order valence-electron chi connectivity index (χ3n) is 3.20. The van der Waals surface area contributed by atoms with Gasteiger partial charge in [0, 0.05) is 25.7 Å². The number of nitrogens with one attached hydrogen (secondary N) is 1. The summed E-state index contributed by atoms with van der Waals surface area (Å²) >= 11 is 0. The fraction of sp³-hybridized carbons (Fsp3) is 0.600. The van der Waals surface area contributed by atoms with Crippen molar-refractivity contribution in [2.45, 2.75) is 32.9 Å². The molecule has 1 unspecified atom stereocenters. The SMILES string of the molecule is CCNC(CCO)CN(C)Cc1ccccc1C.